The third kappa shape index (κ3) is 3.15. The molecule has 1 heterocycles. The number of hydrogen-bond acceptors (Lipinski definition) is 2. The van der Waals surface area contributed by atoms with E-state index in [9.17, 15) is 0 Å². The quantitative estimate of drug-likeness (QED) is 0.837. The molecule has 1 N–H and O–H groups in total. The van der Waals surface area contributed by atoms with Crippen LogP contribution in [0.3, 0.4) is 0 Å². The van der Waals surface area contributed by atoms with Gasteiger partial charge in [0.25, 0.3) is 0 Å². The lowest BCUT2D eigenvalue weighted by Gasteiger charge is -2.33. The van der Waals surface area contributed by atoms with E-state index in [0.717, 1.165) is 17.3 Å². The SMILES string of the molecule is CC1CC(Nc2ccc3cc(Br)ccc3c2)CC(C)O1. The van der Waals surface area contributed by atoms with Crippen molar-refractivity contribution in [3.8, 4) is 0 Å². The largest absolute Gasteiger partial charge is 0.382 e. The Labute approximate surface area is 128 Å². The fourth-order valence-electron chi connectivity index (χ4n) is 3.07. The van der Waals surface area contributed by atoms with Crippen LogP contribution in [0.15, 0.2) is 40.9 Å². The fraction of sp³-hybridized carbons (Fsp3) is 0.412. The maximum absolute atomic E-state index is 5.79. The molecule has 2 atom stereocenters. The first kappa shape index (κ1) is 13.9. The summed E-state index contributed by atoms with van der Waals surface area (Å²) < 4.78 is 6.92. The summed E-state index contributed by atoms with van der Waals surface area (Å²) >= 11 is 3.51. The van der Waals surface area contributed by atoms with E-state index in [1.54, 1.807) is 0 Å². The molecule has 1 fully saturated rings. The highest BCUT2D eigenvalue weighted by Crippen LogP contribution is 2.26. The van der Waals surface area contributed by atoms with Gasteiger partial charge in [0.1, 0.15) is 0 Å². The Balaban J connectivity index is 1.79. The van der Waals surface area contributed by atoms with Gasteiger partial charge >= 0.3 is 0 Å². The number of hydrogen-bond donors (Lipinski definition) is 1. The van der Waals surface area contributed by atoms with Gasteiger partial charge in [-0.1, -0.05) is 28.1 Å². The minimum atomic E-state index is 0.340. The number of anilines is 1. The van der Waals surface area contributed by atoms with Crippen LogP contribution >= 0.6 is 15.9 Å². The van der Waals surface area contributed by atoms with Crippen molar-refractivity contribution in [1.82, 2.24) is 0 Å². The van der Waals surface area contributed by atoms with E-state index in [-0.39, 0.29) is 0 Å². The van der Waals surface area contributed by atoms with Gasteiger partial charge in [0.2, 0.25) is 0 Å². The summed E-state index contributed by atoms with van der Waals surface area (Å²) in [6.07, 6.45) is 2.83. The molecular weight excluding hydrogens is 314 g/mol. The minimum absolute atomic E-state index is 0.340. The molecule has 0 amide bonds. The van der Waals surface area contributed by atoms with Gasteiger partial charge in [-0.15, -0.1) is 0 Å². The van der Waals surface area contributed by atoms with E-state index >= 15 is 0 Å². The van der Waals surface area contributed by atoms with E-state index in [1.165, 1.54) is 16.5 Å². The third-order valence-corrected chi connectivity index (χ3v) is 4.36. The van der Waals surface area contributed by atoms with Gasteiger partial charge in [-0.05, 0) is 61.7 Å². The second-order valence-corrected chi connectivity index (χ2v) is 6.69. The van der Waals surface area contributed by atoms with Crippen molar-refractivity contribution in [2.75, 3.05) is 5.32 Å². The molecule has 3 heteroatoms. The number of halogens is 1. The Morgan fingerprint density at radius 1 is 1.00 bits per heavy atom. The molecule has 0 spiro atoms. The summed E-state index contributed by atoms with van der Waals surface area (Å²) in [5.74, 6) is 0. The van der Waals surface area contributed by atoms with Crippen LogP contribution in [0.5, 0.6) is 0 Å². The first-order valence-electron chi connectivity index (χ1n) is 7.21. The van der Waals surface area contributed by atoms with Gasteiger partial charge in [-0.25, -0.2) is 0 Å². The van der Waals surface area contributed by atoms with Gasteiger partial charge in [0, 0.05) is 16.2 Å². The molecule has 0 bridgehead atoms. The van der Waals surface area contributed by atoms with Crippen LogP contribution in [0.2, 0.25) is 0 Å². The van der Waals surface area contributed by atoms with Crippen LogP contribution in [-0.2, 0) is 4.74 Å². The van der Waals surface area contributed by atoms with Crippen molar-refractivity contribution in [2.45, 2.75) is 44.9 Å². The van der Waals surface area contributed by atoms with Gasteiger partial charge in [-0.2, -0.15) is 0 Å². The second kappa shape index (κ2) is 5.74. The Morgan fingerprint density at radius 3 is 2.40 bits per heavy atom. The van der Waals surface area contributed by atoms with Crippen LogP contribution in [0.4, 0.5) is 5.69 Å². The van der Waals surface area contributed by atoms with Gasteiger partial charge in [0.15, 0.2) is 0 Å². The zero-order chi connectivity index (χ0) is 14.1. The molecule has 2 aromatic rings. The predicted octanol–water partition coefficient (Wildman–Crippen LogP) is 4.97. The third-order valence-electron chi connectivity index (χ3n) is 3.87. The summed E-state index contributed by atoms with van der Waals surface area (Å²) in [6.45, 7) is 4.31. The molecule has 2 unspecified atom stereocenters. The highest BCUT2D eigenvalue weighted by atomic mass is 79.9. The monoisotopic (exact) mass is 333 g/mol. The Bertz CT molecular complexity index is 603. The summed E-state index contributed by atoms with van der Waals surface area (Å²) in [4.78, 5) is 0. The van der Waals surface area contributed by atoms with Crippen LogP contribution in [-0.4, -0.2) is 18.2 Å². The molecule has 0 saturated carbocycles. The van der Waals surface area contributed by atoms with Crippen molar-refractivity contribution in [1.29, 1.82) is 0 Å². The Morgan fingerprint density at radius 2 is 1.65 bits per heavy atom. The predicted molar refractivity (Wildman–Crippen MR) is 88.3 cm³/mol. The van der Waals surface area contributed by atoms with E-state index in [4.69, 9.17) is 4.74 Å². The van der Waals surface area contributed by atoms with Crippen molar-refractivity contribution in [3.05, 3.63) is 40.9 Å². The normalized spacial score (nSPS) is 26.6. The molecule has 1 aliphatic rings. The maximum Gasteiger partial charge on any atom is 0.0570 e. The van der Waals surface area contributed by atoms with Crippen LogP contribution in [0.1, 0.15) is 26.7 Å². The number of fused-ring (bicyclic) bond motifs is 1. The fourth-order valence-corrected chi connectivity index (χ4v) is 3.44. The first-order valence-corrected chi connectivity index (χ1v) is 8.01. The molecule has 106 valence electrons. The number of ether oxygens (including phenoxy) is 1. The number of benzene rings is 2. The van der Waals surface area contributed by atoms with E-state index in [1.807, 2.05) is 0 Å². The van der Waals surface area contributed by atoms with Crippen molar-refractivity contribution in [3.63, 3.8) is 0 Å². The zero-order valence-electron chi connectivity index (χ0n) is 11.9. The van der Waals surface area contributed by atoms with E-state index in [0.29, 0.717) is 18.2 Å². The number of rotatable bonds is 2. The molecule has 0 aliphatic carbocycles. The van der Waals surface area contributed by atoms with E-state index in [2.05, 4.69) is 71.5 Å². The average Bonchev–Trinajstić information content (AvgIpc) is 2.38. The minimum Gasteiger partial charge on any atom is -0.382 e. The lowest BCUT2D eigenvalue weighted by atomic mass is 9.99. The molecule has 0 aromatic heterocycles. The van der Waals surface area contributed by atoms with Gasteiger partial charge in [0.05, 0.1) is 12.2 Å². The van der Waals surface area contributed by atoms with Crippen molar-refractivity contribution >= 4 is 32.4 Å². The smallest absolute Gasteiger partial charge is 0.0570 e. The molecule has 2 aromatic carbocycles. The highest BCUT2D eigenvalue weighted by Gasteiger charge is 2.24. The topological polar surface area (TPSA) is 21.3 Å². The summed E-state index contributed by atoms with van der Waals surface area (Å²) in [5, 5.41) is 6.19. The highest BCUT2D eigenvalue weighted by molar-refractivity contribution is 9.10. The molecule has 20 heavy (non-hydrogen) atoms. The van der Waals surface area contributed by atoms with Crippen molar-refractivity contribution in [2.24, 2.45) is 0 Å². The average molecular weight is 334 g/mol. The molecule has 2 nitrogen and oxygen atoms in total. The maximum atomic E-state index is 5.79. The second-order valence-electron chi connectivity index (χ2n) is 5.78. The van der Waals surface area contributed by atoms with Gasteiger partial charge in [-0.3, -0.25) is 0 Å². The standard InChI is InChI=1S/C17H20BrNO/c1-11-7-17(8-12(2)20-11)19-16-6-4-13-9-15(18)5-3-14(13)10-16/h3-6,9-12,17,19H,7-8H2,1-2H3. The lowest BCUT2D eigenvalue weighted by Crippen LogP contribution is -2.36. The zero-order valence-corrected chi connectivity index (χ0v) is 13.5. The first-order chi connectivity index (χ1) is 9.60. The molecular formula is C17H20BrNO. The summed E-state index contributed by atoms with van der Waals surface area (Å²) in [5.41, 5.74) is 1.20. The number of nitrogens with one attached hydrogen (secondary N) is 1. The molecule has 0 radical (unpaired) electrons. The molecule has 1 saturated heterocycles. The summed E-state index contributed by atoms with van der Waals surface area (Å²) in [6, 6.07) is 13.5. The summed E-state index contributed by atoms with van der Waals surface area (Å²) in [7, 11) is 0. The molecule has 1 aliphatic heterocycles. The van der Waals surface area contributed by atoms with Crippen LogP contribution in [0, 0.1) is 0 Å². The van der Waals surface area contributed by atoms with E-state index < -0.39 is 0 Å². The van der Waals surface area contributed by atoms with Crippen LogP contribution in [0.25, 0.3) is 10.8 Å². The lowest BCUT2D eigenvalue weighted by molar-refractivity contribution is -0.0337. The molecule has 3 rings (SSSR count). The van der Waals surface area contributed by atoms with Gasteiger partial charge < -0.3 is 10.1 Å². The van der Waals surface area contributed by atoms with Crippen molar-refractivity contribution < 1.29 is 4.74 Å². The Hall–Kier alpha value is -1.06. The van der Waals surface area contributed by atoms with Crippen LogP contribution < -0.4 is 5.32 Å². The Kier molecular flexibility index (Phi) is 3.99.